The number of carbonyl (C=O) groups excluding carboxylic acids is 2. The Bertz CT molecular complexity index is 1060. The number of fused-ring (bicyclic) bond motifs is 1. The molecule has 0 radical (unpaired) electrons. The second kappa shape index (κ2) is 7.37. The monoisotopic (exact) mass is 370 g/mol. The minimum atomic E-state index is -0.406. The summed E-state index contributed by atoms with van der Waals surface area (Å²) in [5.74, 6) is -0.661. The van der Waals surface area contributed by atoms with Crippen molar-refractivity contribution in [2.24, 2.45) is 0 Å². The van der Waals surface area contributed by atoms with Gasteiger partial charge in [-0.2, -0.15) is 0 Å². The molecular formula is C18H15ClN4O3. The Morgan fingerprint density at radius 3 is 2.77 bits per heavy atom. The van der Waals surface area contributed by atoms with Gasteiger partial charge in [-0.05, 0) is 36.4 Å². The maximum atomic E-state index is 12.5. The quantitative estimate of drug-likeness (QED) is 0.735. The zero-order valence-corrected chi connectivity index (χ0v) is 14.6. The van der Waals surface area contributed by atoms with Gasteiger partial charge in [-0.15, -0.1) is 0 Å². The normalized spacial score (nSPS) is 10.5. The van der Waals surface area contributed by atoms with Gasteiger partial charge in [0.25, 0.3) is 11.5 Å². The molecule has 1 aromatic heterocycles. The average Bonchev–Trinajstić information content (AvgIpc) is 2.63. The predicted molar refractivity (Wildman–Crippen MR) is 99.5 cm³/mol. The van der Waals surface area contributed by atoms with Gasteiger partial charge in [0, 0.05) is 23.3 Å². The number of amides is 2. The summed E-state index contributed by atoms with van der Waals surface area (Å²) in [6.45, 7) is -0.200. The van der Waals surface area contributed by atoms with E-state index in [2.05, 4.69) is 15.6 Å². The summed E-state index contributed by atoms with van der Waals surface area (Å²) in [4.78, 5) is 40.5. The van der Waals surface area contributed by atoms with Crippen LogP contribution < -0.4 is 16.2 Å². The third-order valence-electron chi connectivity index (χ3n) is 3.74. The number of rotatable bonds is 4. The van der Waals surface area contributed by atoms with Gasteiger partial charge in [-0.25, -0.2) is 4.98 Å². The summed E-state index contributed by atoms with van der Waals surface area (Å²) in [5.41, 5.74) is 1.02. The maximum Gasteiger partial charge on any atom is 0.261 e. The molecule has 0 atom stereocenters. The Balaban J connectivity index is 1.79. The lowest BCUT2D eigenvalue weighted by Gasteiger charge is -2.09. The van der Waals surface area contributed by atoms with Gasteiger partial charge >= 0.3 is 0 Å². The standard InChI is InChI=1S/C18H15ClN4O3/c1-20-17(25)11-3-2-4-13(7-11)22-16(24)9-23-10-21-15-8-12(19)5-6-14(15)18(23)26/h2-8,10H,9H2,1H3,(H,20,25)(H,22,24). The molecule has 8 heteroatoms. The summed E-state index contributed by atoms with van der Waals surface area (Å²) in [5, 5.41) is 6.05. The third-order valence-corrected chi connectivity index (χ3v) is 3.97. The molecule has 0 fully saturated rings. The highest BCUT2D eigenvalue weighted by Crippen LogP contribution is 2.14. The summed E-state index contributed by atoms with van der Waals surface area (Å²) in [6, 6.07) is 11.3. The van der Waals surface area contributed by atoms with Crippen molar-refractivity contribution in [3.05, 3.63) is 69.7 Å². The van der Waals surface area contributed by atoms with E-state index in [9.17, 15) is 14.4 Å². The third kappa shape index (κ3) is 3.73. The first-order valence-electron chi connectivity index (χ1n) is 7.74. The molecule has 0 spiro atoms. The number of nitrogens with zero attached hydrogens (tertiary/aromatic N) is 2. The van der Waals surface area contributed by atoms with Crippen molar-refractivity contribution in [3.63, 3.8) is 0 Å². The van der Waals surface area contributed by atoms with Crippen LogP contribution in [0, 0.1) is 0 Å². The molecule has 26 heavy (non-hydrogen) atoms. The van der Waals surface area contributed by atoms with Crippen LogP contribution in [0.2, 0.25) is 5.02 Å². The molecule has 132 valence electrons. The smallest absolute Gasteiger partial charge is 0.261 e. The van der Waals surface area contributed by atoms with Gasteiger partial charge in [0.1, 0.15) is 6.54 Å². The van der Waals surface area contributed by atoms with Crippen LogP contribution in [-0.4, -0.2) is 28.4 Å². The molecule has 3 rings (SSSR count). The lowest BCUT2D eigenvalue weighted by molar-refractivity contribution is -0.116. The summed E-state index contributed by atoms with van der Waals surface area (Å²) >= 11 is 5.89. The number of carbonyl (C=O) groups is 2. The first-order chi connectivity index (χ1) is 12.5. The fraction of sp³-hybridized carbons (Fsp3) is 0.111. The molecule has 0 aliphatic carbocycles. The largest absolute Gasteiger partial charge is 0.355 e. The van der Waals surface area contributed by atoms with Gasteiger partial charge in [-0.3, -0.25) is 19.0 Å². The molecular weight excluding hydrogens is 356 g/mol. The molecule has 0 aliphatic heterocycles. The first-order valence-corrected chi connectivity index (χ1v) is 8.12. The fourth-order valence-corrected chi connectivity index (χ4v) is 2.65. The number of hydrogen-bond donors (Lipinski definition) is 2. The molecule has 1 heterocycles. The molecule has 0 bridgehead atoms. The fourth-order valence-electron chi connectivity index (χ4n) is 2.48. The molecule has 0 aliphatic rings. The molecule has 2 amide bonds. The van der Waals surface area contributed by atoms with Crippen LogP contribution in [0.3, 0.4) is 0 Å². The Labute approximate surface area is 153 Å². The molecule has 0 saturated heterocycles. The van der Waals surface area contributed by atoms with Gasteiger partial charge < -0.3 is 10.6 Å². The van der Waals surface area contributed by atoms with E-state index in [0.29, 0.717) is 27.2 Å². The minimum Gasteiger partial charge on any atom is -0.355 e. The maximum absolute atomic E-state index is 12.5. The van der Waals surface area contributed by atoms with Crippen molar-refractivity contribution in [2.75, 3.05) is 12.4 Å². The van der Waals surface area contributed by atoms with E-state index >= 15 is 0 Å². The summed E-state index contributed by atoms with van der Waals surface area (Å²) < 4.78 is 1.22. The van der Waals surface area contributed by atoms with Crippen LogP contribution in [0.25, 0.3) is 10.9 Å². The van der Waals surface area contributed by atoms with Crippen molar-refractivity contribution in [2.45, 2.75) is 6.54 Å². The zero-order chi connectivity index (χ0) is 18.7. The van der Waals surface area contributed by atoms with Crippen LogP contribution in [0.15, 0.2) is 53.6 Å². The number of hydrogen-bond acceptors (Lipinski definition) is 4. The van der Waals surface area contributed by atoms with Crippen molar-refractivity contribution in [1.29, 1.82) is 0 Å². The summed E-state index contributed by atoms with van der Waals surface area (Å²) in [6.07, 6.45) is 1.31. The predicted octanol–water partition coefficient (Wildman–Crippen LogP) is 2.05. The first kappa shape index (κ1) is 17.6. The highest BCUT2D eigenvalue weighted by molar-refractivity contribution is 6.31. The molecule has 0 saturated carbocycles. The van der Waals surface area contributed by atoms with Gasteiger partial charge in [0.15, 0.2) is 0 Å². The molecule has 3 aromatic rings. The zero-order valence-electron chi connectivity index (χ0n) is 13.8. The Kier molecular flexibility index (Phi) is 4.99. The molecule has 2 aromatic carbocycles. The van der Waals surface area contributed by atoms with Crippen LogP contribution in [0.1, 0.15) is 10.4 Å². The molecule has 2 N–H and O–H groups in total. The van der Waals surface area contributed by atoms with Crippen molar-refractivity contribution >= 4 is 40.0 Å². The van der Waals surface area contributed by atoms with Crippen LogP contribution in [-0.2, 0) is 11.3 Å². The number of benzene rings is 2. The number of aromatic nitrogens is 2. The highest BCUT2D eigenvalue weighted by atomic mass is 35.5. The van der Waals surface area contributed by atoms with Crippen molar-refractivity contribution in [3.8, 4) is 0 Å². The number of anilines is 1. The van der Waals surface area contributed by atoms with Crippen LogP contribution in [0.4, 0.5) is 5.69 Å². The van der Waals surface area contributed by atoms with Crippen LogP contribution >= 0.6 is 11.6 Å². The molecule has 0 unspecified atom stereocenters. The van der Waals surface area contributed by atoms with E-state index in [0.717, 1.165) is 0 Å². The SMILES string of the molecule is CNC(=O)c1cccc(NC(=O)Cn2cnc3cc(Cl)ccc3c2=O)c1. The Morgan fingerprint density at radius 2 is 2.00 bits per heavy atom. The van der Waals surface area contributed by atoms with E-state index in [4.69, 9.17) is 11.6 Å². The Hall–Kier alpha value is -3.19. The van der Waals surface area contributed by atoms with Crippen LogP contribution in [0.5, 0.6) is 0 Å². The van der Waals surface area contributed by atoms with E-state index in [1.165, 1.54) is 17.9 Å². The summed E-state index contributed by atoms with van der Waals surface area (Å²) in [7, 11) is 1.53. The van der Waals surface area contributed by atoms with Crippen molar-refractivity contribution < 1.29 is 9.59 Å². The minimum absolute atomic E-state index is 0.200. The van der Waals surface area contributed by atoms with Gasteiger partial charge in [0.2, 0.25) is 5.91 Å². The lowest BCUT2D eigenvalue weighted by Crippen LogP contribution is -2.28. The van der Waals surface area contributed by atoms with Crippen molar-refractivity contribution in [1.82, 2.24) is 14.9 Å². The van der Waals surface area contributed by atoms with E-state index in [1.807, 2.05) is 0 Å². The topological polar surface area (TPSA) is 93.1 Å². The van der Waals surface area contributed by atoms with Gasteiger partial charge in [-0.1, -0.05) is 17.7 Å². The number of nitrogens with one attached hydrogen (secondary N) is 2. The highest BCUT2D eigenvalue weighted by Gasteiger charge is 2.10. The lowest BCUT2D eigenvalue weighted by atomic mass is 10.2. The molecule has 7 nitrogen and oxygen atoms in total. The Morgan fingerprint density at radius 1 is 1.19 bits per heavy atom. The second-order valence-electron chi connectivity index (χ2n) is 5.55. The average molecular weight is 371 g/mol. The van der Waals surface area contributed by atoms with E-state index in [-0.39, 0.29) is 18.0 Å². The van der Waals surface area contributed by atoms with E-state index in [1.54, 1.807) is 42.5 Å². The number of halogens is 1. The van der Waals surface area contributed by atoms with E-state index < -0.39 is 5.91 Å². The van der Waals surface area contributed by atoms with Gasteiger partial charge in [0.05, 0.1) is 17.2 Å². The second-order valence-corrected chi connectivity index (χ2v) is 5.98.